The van der Waals surface area contributed by atoms with Gasteiger partial charge in [-0.25, -0.2) is 0 Å². The van der Waals surface area contributed by atoms with Crippen molar-refractivity contribution in [2.75, 3.05) is 13.2 Å². The Morgan fingerprint density at radius 2 is 2.06 bits per heavy atom. The molecule has 1 saturated carbocycles. The van der Waals surface area contributed by atoms with Gasteiger partial charge in [-0.1, -0.05) is 19.9 Å². The van der Waals surface area contributed by atoms with Crippen molar-refractivity contribution in [3.63, 3.8) is 0 Å². The van der Waals surface area contributed by atoms with Gasteiger partial charge in [0.15, 0.2) is 11.6 Å². The van der Waals surface area contributed by atoms with Gasteiger partial charge in [-0.3, -0.25) is 4.79 Å². The Morgan fingerprint density at radius 1 is 1.35 bits per heavy atom. The zero-order valence-electron chi connectivity index (χ0n) is 10.6. The van der Waals surface area contributed by atoms with Gasteiger partial charge in [0.1, 0.15) is 0 Å². The average molecular weight is 236 g/mol. The zero-order chi connectivity index (χ0) is 12.1. The number of allylic oxidation sites excluding steroid dienone is 1. The number of hydrogen-bond donors (Lipinski definition) is 0. The van der Waals surface area contributed by atoms with E-state index in [2.05, 4.69) is 19.9 Å². The predicted molar refractivity (Wildman–Crippen MR) is 63.4 cm³/mol. The summed E-state index contributed by atoms with van der Waals surface area (Å²) in [6.45, 7) is 5.74. The van der Waals surface area contributed by atoms with Gasteiger partial charge in [0.2, 0.25) is 0 Å². The van der Waals surface area contributed by atoms with Crippen LogP contribution in [-0.4, -0.2) is 24.8 Å². The van der Waals surface area contributed by atoms with E-state index in [1.807, 2.05) is 0 Å². The smallest absolute Gasteiger partial charge is 0.177 e. The third-order valence-electron chi connectivity index (χ3n) is 4.95. The van der Waals surface area contributed by atoms with E-state index in [1.165, 1.54) is 0 Å². The zero-order valence-corrected chi connectivity index (χ0v) is 10.6. The van der Waals surface area contributed by atoms with E-state index in [9.17, 15) is 4.79 Å². The first kappa shape index (κ1) is 11.4. The quantitative estimate of drug-likeness (QED) is 0.647. The Balaban J connectivity index is 2.03. The van der Waals surface area contributed by atoms with Gasteiger partial charge in [-0.2, -0.15) is 0 Å². The maximum atomic E-state index is 11.7. The van der Waals surface area contributed by atoms with Crippen molar-refractivity contribution in [2.24, 2.45) is 17.3 Å². The monoisotopic (exact) mass is 236 g/mol. The summed E-state index contributed by atoms with van der Waals surface area (Å²) in [7, 11) is 0. The highest BCUT2D eigenvalue weighted by Gasteiger charge is 2.61. The predicted octanol–water partition coefficient (Wildman–Crippen LogP) is 2.31. The number of fused-ring (bicyclic) bond motifs is 2. The molecule has 1 aliphatic heterocycles. The maximum absolute atomic E-state index is 11.7. The molecule has 0 aromatic rings. The average Bonchev–Trinajstić information content (AvgIpc) is 2.83. The molecule has 0 N–H and O–H groups in total. The fourth-order valence-corrected chi connectivity index (χ4v) is 4.03. The summed E-state index contributed by atoms with van der Waals surface area (Å²) in [5.74, 6) is 0.673. The van der Waals surface area contributed by atoms with E-state index in [0.717, 1.165) is 12.8 Å². The lowest BCUT2D eigenvalue weighted by molar-refractivity contribution is -0.210. The summed E-state index contributed by atoms with van der Waals surface area (Å²) in [5, 5.41) is 0. The Morgan fingerprint density at radius 3 is 2.76 bits per heavy atom. The molecule has 3 rings (SSSR count). The van der Waals surface area contributed by atoms with E-state index >= 15 is 0 Å². The number of rotatable bonds is 0. The molecule has 3 atom stereocenters. The van der Waals surface area contributed by atoms with Gasteiger partial charge in [0.25, 0.3) is 0 Å². The summed E-state index contributed by atoms with van der Waals surface area (Å²) in [4.78, 5) is 11.7. The largest absolute Gasteiger partial charge is 0.347 e. The first-order chi connectivity index (χ1) is 8.07. The van der Waals surface area contributed by atoms with Crippen LogP contribution in [0.2, 0.25) is 0 Å². The lowest BCUT2D eigenvalue weighted by atomic mass is 9.71. The summed E-state index contributed by atoms with van der Waals surface area (Å²) >= 11 is 0. The third-order valence-corrected chi connectivity index (χ3v) is 4.95. The highest BCUT2D eigenvalue weighted by atomic mass is 16.7. The molecular weight excluding hydrogens is 216 g/mol. The van der Waals surface area contributed by atoms with Crippen LogP contribution in [0.15, 0.2) is 12.2 Å². The molecule has 17 heavy (non-hydrogen) atoms. The van der Waals surface area contributed by atoms with Crippen molar-refractivity contribution in [3.8, 4) is 0 Å². The second kappa shape index (κ2) is 3.66. The fourth-order valence-electron chi connectivity index (χ4n) is 4.03. The summed E-state index contributed by atoms with van der Waals surface area (Å²) < 4.78 is 11.9. The Labute approximate surface area is 102 Å². The molecule has 2 aliphatic carbocycles. The van der Waals surface area contributed by atoms with Crippen LogP contribution < -0.4 is 0 Å². The maximum Gasteiger partial charge on any atom is 0.177 e. The lowest BCUT2D eigenvalue weighted by Crippen LogP contribution is -2.45. The molecule has 0 aromatic heterocycles. The van der Waals surface area contributed by atoms with Crippen molar-refractivity contribution in [3.05, 3.63) is 12.2 Å². The highest BCUT2D eigenvalue weighted by Crippen LogP contribution is 2.59. The van der Waals surface area contributed by atoms with Gasteiger partial charge in [0.05, 0.1) is 13.2 Å². The molecule has 0 aromatic carbocycles. The minimum absolute atomic E-state index is 0.144. The summed E-state index contributed by atoms with van der Waals surface area (Å²) in [6, 6.07) is 0. The number of ketones is 1. The van der Waals surface area contributed by atoms with Crippen LogP contribution in [0.4, 0.5) is 0 Å². The molecular formula is C14H20O3. The van der Waals surface area contributed by atoms with Crippen LogP contribution in [0, 0.1) is 17.3 Å². The molecule has 0 radical (unpaired) electrons. The van der Waals surface area contributed by atoms with Crippen LogP contribution in [0.3, 0.4) is 0 Å². The van der Waals surface area contributed by atoms with Crippen molar-refractivity contribution < 1.29 is 14.3 Å². The molecule has 3 aliphatic rings. The molecule has 1 heterocycles. The molecule has 2 fully saturated rings. The highest BCUT2D eigenvalue weighted by molar-refractivity contribution is 5.90. The van der Waals surface area contributed by atoms with Gasteiger partial charge in [-0.05, 0) is 24.3 Å². The van der Waals surface area contributed by atoms with E-state index in [4.69, 9.17) is 9.47 Å². The normalized spacial score (nSPS) is 44.0. The second-order valence-electron chi connectivity index (χ2n) is 5.86. The first-order valence-electron chi connectivity index (χ1n) is 6.57. The number of hydrogen-bond acceptors (Lipinski definition) is 3. The van der Waals surface area contributed by atoms with Crippen molar-refractivity contribution in [1.29, 1.82) is 0 Å². The van der Waals surface area contributed by atoms with Crippen LogP contribution in [0.5, 0.6) is 0 Å². The van der Waals surface area contributed by atoms with Crippen molar-refractivity contribution >= 4 is 5.78 Å². The van der Waals surface area contributed by atoms with Gasteiger partial charge in [0, 0.05) is 18.3 Å². The van der Waals surface area contributed by atoms with E-state index < -0.39 is 5.79 Å². The first-order valence-corrected chi connectivity index (χ1v) is 6.57. The SMILES string of the molecule is C[C@H]1CC(=O)C=C[C@@]2(C)[C@H]1CCC21OCCO1. The Bertz CT molecular complexity index is 368. The topological polar surface area (TPSA) is 35.5 Å². The molecule has 0 unspecified atom stereocenters. The molecule has 1 spiro atoms. The Kier molecular flexibility index (Phi) is 2.46. The molecule has 0 bridgehead atoms. The number of carbonyl (C=O) groups is 1. The van der Waals surface area contributed by atoms with E-state index in [1.54, 1.807) is 6.08 Å². The molecule has 94 valence electrons. The van der Waals surface area contributed by atoms with E-state index in [-0.39, 0.29) is 11.2 Å². The van der Waals surface area contributed by atoms with Crippen LogP contribution in [0.1, 0.15) is 33.1 Å². The second-order valence-corrected chi connectivity index (χ2v) is 5.86. The van der Waals surface area contributed by atoms with Gasteiger partial charge < -0.3 is 9.47 Å². The number of ether oxygens (including phenoxy) is 2. The fraction of sp³-hybridized carbons (Fsp3) is 0.786. The standard InChI is InChI=1S/C14H20O3/c1-10-9-11(15)3-5-13(2)12(10)4-6-14(13)16-7-8-17-14/h3,5,10,12H,4,6-9H2,1-2H3/t10-,12-,13-/m0/s1. The minimum Gasteiger partial charge on any atom is -0.347 e. The van der Waals surface area contributed by atoms with Gasteiger partial charge >= 0.3 is 0 Å². The Hall–Kier alpha value is -0.670. The van der Waals surface area contributed by atoms with E-state index in [0.29, 0.717) is 31.5 Å². The van der Waals surface area contributed by atoms with Crippen molar-refractivity contribution in [1.82, 2.24) is 0 Å². The van der Waals surface area contributed by atoms with Crippen LogP contribution >= 0.6 is 0 Å². The molecule has 1 saturated heterocycles. The summed E-state index contributed by atoms with van der Waals surface area (Å²) in [6.07, 6.45) is 6.51. The lowest BCUT2D eigenvalue weighted by Gasteiger charge is -2.41. The third kappa shape index (κ3) is 1.45. The van der Waals surface area contributed by atoms with Crippen molar-refractivity contribution in [2.45, 2.75) is 38.9 Å². The number of carbonyl (C=O) groups excluding carboxylic acids is 1. The molecule has 3 nitrogen and oxygen atoms in total. The molecule has 0 amide bonds. The molecule has 3 heteroatoms. The minimum atomic E-state index is -0.465. The summed E-state index contributed by atoms with van der Waals surface area (Å²) in [5.41, 5.74) is -0.144. The van der Waals surface area contributed by atoms with Crippen LogP contribution in [-0.2, 0) is 14.3 Å². The van der Waals surface area contributed by atoms with Gasteiger partial charge in [-0.15, -0.1) is 0 Å². The van der Waals surface area contributed by atoms with Crippen LogP contribution in [0.25, 0.3) is 0 Å².